The number of rotatable bonds is 6. The highest BCUT2D eigenvalue weighted by Gasteiger charge is 2.33. The summed E-state index contributed by atoms with van der Waals surface area (Å²) >= 11 is 1.88. The van der Waals surface area contributed by atoms with Crippen LogP contribution < -0.4 is 5.32 Å². The number of fused-ring (bicyclic) bond motifs is 3. The van der Waals surface area contributed by atoms with Crippen LogP contribution in [0, 0.1) is 11.3 Å². The van der Waals surface area contributed by atoms with Crippen LogP contribution >= 0.6 is 11.3 Å². The molecule has 148 valence electrons. The molecule has 0 spiro atoms. The van der Waals surface area contributed by atoms with Crippen LogP contribution in [0.3, 0.4) is 0 Å². The van der Waals surface area contributed by atoms with Crippen molar-refractivity contribution in [2.75, 3.05) is 44.7 Å². The number of hydrogen-bond acceptors (Lipinski definition) is 6. The van der Waals surface area contributed by atoms with Crippen LogP contribution in [0.15, 0.2) is 6.33 Å². The summed E-state index contributed by atoms with van der Waals surface area (Å²) < 4.78 is 5.44. The van der Waals surface area contributed by atoms with E-state index in [1.807, 2.05) is 11.3 Å². The minimum atomic E-state index is 0.394. The van der Waals surface area contributed by atoms with Gasteiger partial charge in [0.1, 0.15) is 17.0 Å². The second-order valence-electron chi connectivity index (χ2n) is 8.57. The third kappa shape index (κ3) is 3.98. The largest absolute Gasteiger partial charge is 0.379 e. The first kappa shape index (κ1) is 19.1. The molecule has 1 aliphatic heterocycles. The van der Waals surface area contributed by atoms with E-state index in [2.05, 4.69) is 41.0 Å². The number of morpholine rings is 1. The van der Waals surface area contributed by atoms with Crippen LogP contribution in [0.25, 0.3) is 10.2 Å². The molecule has 2 aromatic heterocycles. The van der Waals surface area contributed by atoms with Crippen molar-refractivity contribution < 1.29 is 4.74 Å². The molecule has 5 nitrogen and oxygen atoms in total. The monoisotopic (exact) mass is 388 g/mol. The number of thiophene rings is 1. The predicted molar refractivity (Wildman–Crippen MR) is 113 cm³/mol. The Bertz CT molecular complexity index is 782. The Morgan fingerprint density at radius 2 is 2.11 bits per heavy atom. The summed E-state index contributed by atoms with van der Waals surface area (Å²) in [6.45, 7) is 12.9. The van der Waals surface area contributed by atoms with E-state index in [9.17, 15) is 0 Å². The standard InChI is InChI=1S/C21H32N4OS/c1-4-21(2,3)15-5-6-17-16(13-15)18-19(23-14-24-20(18)27-17)22-7-8-25-9-11-26-12-10-25/h14-15H,4-13H2,1-3H3,(H,22,23,24). The zero-order chi connectivity index (χ0) is 18.9. The fourth-order valence-corrected chi connectivity index (χ4v) is 5.54. The quantitative estimate of drug-likeness (QED) is 0.811. The van der Waals surface area contributed by atoms with E-state index >= 15 is 0 Å². The maximum atomic E-state index is 5.44. The minimum Gasteiger partial charge on any atom is -0.379 e. The minimum absolute atomic E-state index is 0.394. The Kier molecular flexibility index (Phi) is 5.67. The van der Waals surface area contributed by atoms with Gasteiger partial charge < -0.3 is 10.1 Å². The van der Waals surface area contributed by atoms with Crippen molar-refractivity contribution in [3.8, 4) is 0 Å². The molecule has 2 aliphatic rings. The first-order chi connectivity index (χ1) is 13.1. The van der Waals surface area contributed by atoms with Gasteiger partial charge in [-0.2, -0.15) is 0 Å². The van der Waals surface area contributed by atoms with Crippen molar-refractivity contribution in [2.45, 2.75) is 46.5 Å². The summed E-state index contributed by atoms with van der Waals surface area (Å²) in [4.78, 5) is 14.4. The average molecular weight is 389 g/mol. The average Bonchev–Trinajstić information content (AvgIpc) is 3.07. The summed E-state index contributed by atoms with van der Waals surface area (Å²) in [5, 5.41) is 4.90. The van der Waals surface area contributed by atoms with Crippen molar-refractivity contribution in [1.82, 2.24) is 14.9 Å². The van der Waals surface area contributed by atoms with Gasteiger partial charge in [-0.15, -0.1) is 11.3 Å². The van der Waals surface area contributed by atoms with E-state index in [0.29, 0.717) is 5.41 Å². The number of aryl methyl sites for hydroxylation is 1. The maximum Gasteiger partial charge on any atom is 0.138 e. The molecule has 0 amide bonds. The van der Waals surface area contributed by atoms with E-state index in [0.717, 1.165) is 56.0 Å². The third-order valence-electron chi connectivity index (χ3n) is 6.68. The molecular weight excluding hydrogens is 356 g/mol. The fraction of sp³-hybridized carbons (Fsp3) is 0.714. The molecule has 0 saturated carbocycles. The van der Waals surface area contributed by atoms with Gasteiger partial charge in [0.05, 0.1) is 18.6 Å². The summed E-state index contributed by atoms with van der Waals surface area (Å²) in [6.07, 6.45) is 6.61. The van der Waals surface area contributed by atoms with E-state index in [4.69, 9.17) is 4.74 Å². The van der Waals surface area contributed by atoms with Gasteiger partial charge in [-0.3, -0.25) is 4.90 Å². The van der Waals surface area contributed by atoms with Crippen molar-refractivity contribution in [3.63, 3.8) is 0 Å². The third-order valence-corrected chi connectivity index (χ3v) is 7.88. The van der Waals surface area contributed by atoms with Gasteiger partial charge in [-0.1, -0.05) is 27.2 Å². The molecule has 27 heavy (non-hydrogen) atoms. The Morgan fingerprint density at radius 3 is 2.89 bits per heavy atom. The number of anilines is 1. The van der Waals surface area contributed by atoms with Gasteiger partial charge in [-0.25, -0.2) is 9.97 Å². The van der Waals surface area contributed by atoms with Crippen molar-refractivity contribution in [2.24, 2.45) is 11.3 Å². The number of aromatic nitrogens is 2. The molecule has 0 radical (unpaired) electrons. The molecular formula is C21H32N4OS. The van der Waals surface area contributed by atoms with Crippen LogP contribution in [0.2, 0.25) is 0 Å². The van der Waals surface area contributed by atoms with Gasteiger partial charge >= 0.3 is 0 Å². The number of hydrogen-bond donors (Lipinski definition) is 1. The summed E-state index contributed by atoms with van der Waals surface area (Å²) in [7, 11) is 0. The topological polar surface area (TPSA) is 50.3 Å². The highest BCUT2D eigenvalue weighted by Crippen LogP contribution is 2.45. The number of ether oxygens (including phenoxy) is 1. The lowest BCUT2D eigenvalue weighted by Crippen LogP contribution is -2.39. The Balaban J connectivity index is 1.53. The lowest BCUT2D eigenvalue weighted by atomic mass is 9.69. The predicted octanol–water partition coefficient (Wildman–Crippen LogP) is 3.98. The second-order valence-corrected chi connectivity index (χ2v) is 9.65. The van der Waals surface area contributed by atoms with E-state index in [1.54, 1.807) is 6.33 Å². The first-order valence-electron chi connectivity index (χ1n) is 10.4. The number of nitrogens with zero attached hydrogens (tertiary/aromatic N) is 3. The van der Waals surface area contributed by atoms with E-state index in [1.165, 1.54) is 41.5 Å². The molecule has 2 aromatic rings. The molecule has 1 fully saturated rings. The van der Waals surface area contributed by atoms with Crippen molar-refractivity contribution >= 4 is 27.4 Å². The molecule has 1 N–H and O–H groups in total. The molecule has 3 heterocycles. The molecule has 1 atom stereocenters. The zero-order valence-electron chi connectivity index (χ0n) is 16.9. The molecule has 1 saturated heterocycles. The molecule has 0 aromatic carbocycles. The lowest BCUT2D eigenvalue weighted by molar-refractivity contribution is 0.0398. The highest BCUT2D eigenvalue weighted by atomic mass is 32.1. The van der Waals surface area contributed by atoms with Crippen LogP contribution in [0.4, 0.5) is 5.82 Å². The Hall–Kier alpha value is -1.24. The zero-order valence-corrected chi connectivity index (χ0v) is 17.7. The van der Waals surface area contributed by atoms with E-state index < -0.39 is 0 Å². The summed E-state index contributed by atoms with van der Waals surface area (Å²) in [6, 6.07) is 0. The van der Waals surface area contributed by atoms with Crippen molar-refractivity contribution in [3.05, 3.63) is 16.8 Å². The fourth-order valence-electron chi connectivity index (χ4n) is 4.36. The van der Waals surface area contributed by atoms with Gasteiger partial charge in [0, 0.05) is 31.1 Å². The van der Waals surface area contributed by atoms with Crippen LogP contribution in [-0.2, 0) is 17.6 Å². The van der Waals surface area contributed by atoms with Crippen LogP contribution in [-0.4, -0.2) is 54.3 Å². The second kappa shape index (κ2) is 8.02. The van der Waals surface area contributed by atoms with E-state index in [-0.39, 0.29) is 0 Å². The SMILES string of the molecule is CCC(C)(C)C1CCc2sc3ncnc(NCCN4CCOCC4)c3c2C1. The molecule has 0 bridgehead atoms. The normalized spacial score (nSPS) is 21.4. The lowest BCUT2D eigenvalue weighted by Gasteiger charge is -2.36. The summed E-state index contributed by atoms with van der Waals surface area (Å²) in [5.41, 5.74) is 1.91. The molecule has 6 heteroatoms. The van der Waals surface area contributed by atoms with Crippen LogP contribution in [0.1, 0.15) is 44.1 Å². The molecule has 1 unspecified atom stereocenters. The maximum absolute atomic E-state index is 5.44. The Labute approximate surface area is 166 Å². The number of nitrogens with one attached hydrogen (secondary N) is 1. The van der Waals surface area contributed by atoms with Crippen molar-refractivity contribution in [1.29, 1.82) is 0 Å². The smallest absolute Gasteiger partial charge is 0.138 e. The molecule has 1 aliphatic carbocycles. The van der Waals surface area contributed by atoms with Crippen LogP contribution in [0.5, 0.6) is 0 Å². The van der Waals surface area contributed by atoms with Gasteiger partial charge in [-0.05, 0) is 36.2 Å². The Morgan fingerprint density at radius 1 is 1.30 bits per heavy atom. The summed E-state index contributed by atoms with van der Waals surface area (Å²) in [5.74, 6) is 1.77. The van der Waals surface area contributed by atoms with Gasteiger partial charge in [0.15, 0.2) is 0 Å². The first-order valence-corrected chi connectivity index (χ1v) is 11.2. The highest BCUT2D eigenvalue weighted by molar-refractivity contribution is 7.19. The van der Waals surface area contributed by atoms with Gasteiger partial charge in [0.25, 0.3) is 0 Å². The molecule has 4 rings (SSSR count). The van der Waals surface area contributed by atoms with Gasteiger partial charge in [0.2, 0.25) is 0 Å².